The zero-order valence-electron chi connectivity index (χ0n) is 17.3. The lowest BCUT2D eigenvalue weighted by Gasteiger charge is -2.24. The van der Waals surface area contributed by atoms with Crippen molar-refractivity contribution in [3.63, 3.8) is 0 Å². The van der Waals surface area contributed by atoms with Crippen LogP contribution in [-0.4, -0.2) is 19.4 Å². The minimum absolute atomic E-state index is 0.0918. The van der Waals surface area contributed by atoms with E-state index in [0.29, 0.717) is 28.3 Å². The first-order chi connectivity index (χ1) is 14.9. The molecule has 0 aliphatic heterocycles. The number of sulfone groups is 1. The fourth-order valence-corrected chi connectivity index (χ4v) is 6.96. The van der Waals surface area contributed by atoms with Crippen LogP contribution in [0.1, 0.15) is 32.6 Å². The van der Waals surface area contributed by atoms with Gasteiger partial charge in [0.05, 0.1) is 15.5 Å². The van der Waals surface area contributed by atoms with Gasteiger partial charge in [-0.05, 0) is 74.6 Å². The van der Waals surface area contributed by atoms with Gasteiger partial charge in [0.2, 0.25) is 26.6 Å². The number of nitrogens with zero attached hydrogens (tertiary/aromatic N) is 1. The number of fused-ring (bicyclic) bond motifs is 2. The first-order valence-electron chi connectivity index (χ1n) is 10.8. The Hall–Kier alpha value is -2.31. The molecule has 2 aliphatic rings. The van der Waals surface area contributed by atoms with Gasteiger partial charge < -0.3 is 9.73 Å². The van der Waals surface area contributed by atoms with Gasteiger partial charge >= 0.3 is 0 Å². The topological polar surface area (TPSA) is 72.2 Å². The van der Waals surface area contributed by atoms with E-state index in [1.165, 1.54) is 25.7 Å². The fourth-order valence-electron chi connectivity index (χ4n) is 5.46. The number of rotatable bonds is 6. The molecule has 3 aromatic rings. The Morgan fingerprint density at radius 1 is 1.00 bits per heavy atom. The number of hydrogen-bond acceptors (Lipinski definition) is 5. The van der Waals surface area contributed by atoms with Gasteiger partial charge in [-0.2, -0.15) is 4.98 Å². The summed E-state index contributed by atoms with van der Waals surface area (Å²) in [6, 6.07) is 15.6. The number of hydrogen-bond donors (Lipinski definition) is 1. The van der Waals surface area contributed by atoms with Crippen LogP contribution in [0.5, 0.6) is 0 Å². The Balaban J connectivity index is 1.56. The van der Waals surface area contributed by atoms with Gasteiger partial charge in [-0.25, -0.2) is 8.42 Å². The lowest BCUT2D eigenvalue weighted by atomic mass is 9.90. The van der Waals surface area contributed by atoms with Gasteiger partial charge in [0.1, 0.15) is 0 Å². The van der Waals surface area contributed by atoms with Gasteiger partial charge in [-0.15, -0.1) is 0 Å². The van der Waals surface area contributed by atoms with Crippen molar-refractivity contribution < 1.29 is 12.8 Å². The Kier molecular flexibility index (Phi) is 5.30. The zero-order valence-corrected chi connectivity index (χ0v) is 18.9. The maximum absolute atomic E-state index is 13.4. The second-order valence-electron chi connectivity index (χ2n) is 8.63. The van der Waals surface area contributed by atoms with Gasteiger partial charge in [0.15, 0.2) is 0 Å². The number of anilines is 1. The molecule has 0 unspecified atom stereocenters. The average molecular weight is 457 g/mol. The maximum Gasteiger partial charge on any atom is 0.234 e. The summed E-state index contributed by atoms with van der Waals surface area (Å²) < 4.78 is 32.9. The number of halogens is 1. The fraction of sp³-hybridized carbons (Fsp3) is 0.375. The second-order valence-corrected chi connectivity index (χ2v) is 10.9. The van der Waals surface area contributed by atoms with E-state index < -0.39 is 9.84 Å². The molecule has 1 aromatic heterocycles. The lowest BCUT2D eigenvalue weighted by molar-refractivity contribution is 0.357. The summed E-state index contributed by atoms with van der Waals surface area (Å²) >= 11 is 6.34. The predicted molar refractivity (Wildman–Crippen MR) is 121 cm³/mol. The van der Waals surface area contributed by atoms with Crippen LogP contribution >= 0.6 is 11.6 Å². The lowest BCUT2D eigenvalue weighted by Crippen LogP contribution is -2.29. The van der Waals surface area contributed by atoms with Crippen molar-refractivity contribution in [1.82, 2.24) is 4.98 Å². The highest BCUT2D eigenvalue weighted by molar-refractivity contribution is 7.91. The summed E-state index contributed by atoms with van der Waals surface area (Å²) in [7, 11) is -3.86. The Morgan fingerprint density at radius 3 is 2.26 bits per heavy atom. The van der Waals surface area contributed by atoms with Crippen molar-refractivity contribution >= 4 is 27.3 Å². The molecule has 5 rings (SSSR count). The number of nitrogens with one attached hydrogen (secondary N) is 1. The van der Waals surface area contributed by atoms with Crippen molar-refractivity contribution in [1.29, 1.82) is 0 Å². The zero-order chi connectivity index (χ0) is 21.6. The normalized spacial score (nSPS) is 23.7. The minimum atomic E-state index is -3.86. The van der Waals surface area contributed by atoms with Crippen LogP contribution in [-0.2, 0) is 9.84 Å². The van der Waals surface area contributed by atoms with Gasteiger partial charge in [-0.1, -0.05) is 41.9 Å². The quantitative estimate of drug-likeness (QED) is 0.487. The molecule has 0 spiro atoms. The first kappa shape index (κ1) is 20.6. The molecule has 2 aliphatic carbocycles. The molecule has 2 bridgehead atoms. The molecule has 1 atom stereocenters. The minimum Gasteiger partial charge on any atom is -0.419 e. The van der Waals surface area contributed by atoms with E-state index in [9.17, 15) is 8.42 Å². The highest BCUT2D eigenvalue weighted by Gasteiger charge is 2.44. The third-order valence-electron chi connectivity index (χ3n) is 6.85. The first-order valence-corrected chi connectivity index (χ1v) is 12.6. The highest BCUT2D eigenvalue weighted by Crippen LogP contribution is 2.51. The van der Waals surface area contributed by atoms with Crippen LogP contribution in [0.15, 0.2) is 68.9 Å². The predicted octanol–water partition coefficient (Wildman–Crippen LogP) is 6.06. The van der Waals surface area contributed by atoms with Crippen molar-refractivity contribution in [3.05, 3.63) is 59.6 Å². The molecule has 2 saturated carbocycles. The summed E-state index contributed by atoms with van der Waals surface area (Å²) in [6.07, 6.45) is 5.05. The molecule has 1 heterocycles. The molecular formula is C24H25ClN2O3S. The molecule has 2 fully saturated rings. The van der Waals surface area contributed by atoms with E-state index in [1.54, 1.807) is 42.5 Å². The Labute approximate surface area is 187 Å². The van der Waals surface area contributed by atoms with Crippen LogP contribution in [0.4, 0.5) is 5.88 Å². The molecular weight excluding hydrogens is 432 g/mol. The van der Waals surface area contributed by atoms with Gasteiger partial charge in [0.25, 0.3) is 0 Å². The van der Waals surface area contributed by atoms with Gasteiger partial charge in [0, 0.05) is 6.04 Å². The smallest absolute Gasteiger partial charge is 0.234 e. The van der Waals surface area contributed by atoms with Crippen molar-refractivity contribution in [3.8, 4) is 11.5 Å². The van der Waals surface area contributed by atoms with Crippen LogP contribution in [0, 0.1) is 17.8 Å². The number of aromatic nitrogens is 1. The van der Waals surface area contributed by atoms with E-state index in [4.69, 9.17) is 16.0 Å². The van der Waals surface area contributed by atoms with Gasteiger partial charge in [-0.3, -0.25) is 0 Å². The SMILES string of the molecule is C[C@@H](Nc1oc(-c2ccccc2Cl)nc1S(=O)(=O)c1ccccc1)C1C2CCC1CC2. The molecule has 0 saturated heterocycles. The Bertz CT molecular complexity index is 1170. The molecule has 31 heavy (non-hydrogen) atoms. The molecule has 0 radical (unpaired) electrons. The number of oxazole rings is 1. The highest BCUT2D eigenvalue weighted by atomic mass is 35.5. The van der Waals surface area contributed by atoms with Crippen LogP contribution in [0.2, 0.25) is 5.02 Å². The van der Waals surface area contributed by atoms with E-state index in [0.717, 1.165) is 0 Å². The third-order valence-corrected chi connectivity index (χ3v) is 8.86. The molecule has 7 heteroatoms. The van der Waals surface area contributed by atoms with E-state index in [2.05, 4.69) is 17.2 Å². The Morgan fingerprint density at radius 2 is 1.61 bits per heavy atom. The summed E-state index contributed by atoms with van der Waals surface area (Å²) in [5, 5.41) is 3.75. The largest absolute Gasteiger partial charge is 0.419 e. The van der Waals surface area contributed by atoms with E-state index in [-0.39, 0.29) is 27.7 Å². The third kappa shape index (κ3) is 3.66. The van der Waals surface area contributed by atoms with Crippen molar-refractivity contribution in [2.45, 2.75) is 48.6 Å². The molecule has 0 amide bonds. The van der Waals surface area contributed by atoms with E-state index in [1.807, 2.05) is 12.1 Å². The molecule has 5 nitrogen and oxygen atoms in total. The summed E-state index contributed by atoms with van der Waals surface area (Å²) in [4.78, 5) is 4.61. The summed E-state index contributed by atoms with van der Waals surface area (Å²) in [6.45, 7) is 2.12. The monoisotopic (exact) mass is 456 g/mol. The second kappa shape index (κ2) is 7.99. The standard InChI is InChI=1S/C24H25ClN2O3S/c1-15(21-16-11-12-17(21)14-13-16)26-23-24(31(28,29)18-7-3-2-4-8-18)27-22(30-23)19-9-5-6-10-20(19)25/h2-10,15-17,21,26H,11-14H2,1H3/t15-,16?,17?,21?/m1/s1. The van der Waals surface area contributed by atoms with Crippen LogP contribution in [0.3, 0.4) is 0 Å². The summed E-state index contributed by atoms with van der Waals surface area (Å²) in [5.74, 6) is 2.32. The van der Waals surface area contributed by atoms with Crippen LogP contribution in [0.25, 0.3) is 11.5 Å². The summed E-state index contributed by atoms with van der Waals surface area (Å²) in [5.41, 5.74) is 0.565. The molecule has 1 N–H and O–H groups in total. The molecule has 162 valence electrons. The molecule has 2 aromatic carbocycles. The van der Waals surface area contributed by atoms with Crippen molar-refractivity contribution in [2.24, 2.45) is 17.8 Å². The maximum atomic E-state index is 13.4. The van der Waals surface area contributed by atoms with Crippen LogP contribution < -0.4 is 5.32 Å². The number of benzene rings is 2. The van der Waals surface area contributed by atoms with Crippen molar-refractivity contribution in [2.75, 3.05) is 5.32 Å². The average Bonchev–Trinajstić information content (AvgIpc) is 3.49. The van der Waals surface area contributed by atoms with E-state index >= 15 is 0 Å².